The van der Waals surface area contributed by atoms with Gasteiger partial charge in [-0.1, -0.05) is 6.08 Å². The zero-order chi connectivity index (χ0) is 42.7. The van der Waals surface area contributed by atoms with Gasteiger partial charge in [0.05, 0.1) is 45.2 Å². The third-order valence-corrected chi connectivity index (χ3v) is 10.7. The van der Waals surface area contributed by atoms with Gasteiger partial charge in [0.2, 0.25) is 0 Å². The first-order valence-electron chi connectivity index (χ1n) is 18.6. The summed E-state index contributed by atoms with van der Waals surface area (Å²) in [5, 5.41) is 148. The van der Waals surface area contributed by atoms with E-state index >= 15 is 0 Å². The Morgan fingerprint density at radius 2 is 0.897 bits per heavy atom. The molecule has 0 aliphatic carbocycles. The molecule has 5 rings (SSSR count). The maximum atomic E-state index is 11.4. The molecule has 0 aromatic heterocycles. The molecule has 0 spiro atoms. The fraction of sp³-hybridized carbons (Fsp3) is 0.939. The molecule has 0 bridgehead atoms. The van der Waals surface area contributed by atoms with Crippen LogP contribution in [0.15, 0.2) is 12.7 Å². The second kappa shape index (κ2) is 20.7. The molecule has 13 unspecified atom stereocenters. The molecular formula is C33H57NO24. The minimum Gasteiger partial charge on any atom is -0.394 e. The molecule has 25 atom stereocenters. The quantitative estimate of drug-likeness (QED) is 0.0680. The lowest BCUT2D eigenvalue weighted by molar-refractivity contribution is -0.389. The molecule has 0 radical (unpaired) electrons. The molecule has 5 saturated heterocycles. The second-order valence-corrected chi connectivity index (χ2v) is 14.6. The molecule has 5 aliphatic rings. The van der Waals surface area contributed by atoms with Crippen LogP contribution >= 0.6 is 0 Å². The van der Waals surface area contributed by atoms with Crippen molar-refractivity contribution >= 4 is 0 Å². The molecule has 5 heterocycles. The highest BCUT2D eigenvalue weighted by Gasteiger charge is 2.56. The zero-order valence-corrected chi connectivity index (χ0v) is 31.2. The van der Waals surface area contributed by atoms with Gasteiger partial charge in [-0.15, -0.1) is 6.58 Å². The first kappa shape index (κ1) is 47.8. The molecule has 5 fully saturated rings. The van der Waals surface area contributed by atoms with Crippen molar-refractivity contribution in [3.8, 4) is 0 Å². The van der Waals surface area contributed by atoms with Gasteiger partial charge in [0, 0.05) is 0 Å². The summed E-state index contributed by atoms with van der Waals surface area (Å²) >= 11 is 0. The fourth-order valence-electron chi connectivity index (χ4n) is 7.29. The fourth-order valence-corrected chi connectivity index (χ4v) is 7.29. The Labute approximate surface area is 330 Å². The summed E-state index contributed by atoms with van der Waals surface area (Å²) in [7, 11) is 0. The van der Waals surface area contributed by atoms with Crippen LogP contribution in [0.25, 0.3) is 0 Å². The summed E-state index contributed by atoms with van der Waals surface area (Å²) in [6.07, 6.45) is -39.7. The van der Waals surface area contributed by atoms with Crippen LogP contribution in [0.5, 0.6) is 0 Å². The van der Waals surface area contributed by atoms with Crippen LogP contribution in [-0.2, 0) is 47.4 Å². The molecule has 25 nitrogen and oxygen atoms in total. The van der Waals surface area contributed by atoms with Crippen LogP contribution < -0.4 is 5.73 Å². The number of aliphatic hydroxyl groups is 14. The predicted octanol–water partition coefficient (Wildman–Crippen LogP) is -9.72. The van der Waals surface area contributed by atoms with E-state index in [9.17, 15) is 71.5 Å². The predicted molar refractivity (Wildman–Crippen MR) is 181 cm³/mol. The van der Waals surface area contributed by atoms with E-state index in [-0.39, 0.29) is 6.61 Å². The Balaban J connectivity index is 1.36. The largest absolute Gasteiger partial charge is 0.394 e. The summed E-state index contributed by atoms with van der Waals surface area (Å²) < 4.78 is 56.5. The van der Waals surface area contributed by atoms with E-state index in [1.807, 2.05) is 0 Å². The third kappa shape index (κ3) is 9.84. The Kier molecular flexibility index (Phi) is 17.1. The standard InChI is InChI=1S/C33H57NO24/c1-3-4-49-30-23(47)21(45)25(13(8-38)54-30)55-32-24(48)27(18(42)12(7-37)52-32)57-29-14(34)26(17(41)11(6-36)51-29)56-33-28(20(44)16(40)10(5-35)53-33)58-31-22(46)19(43)15(39)9(2)50-31/h3,9-33,35-48H,1,4-8,34H2,2H3/t9?,10?,11?,12?,13?,14?,15-,16-,17-,18?,19+,20-,21+,22?,23?,24?,25-,26+,27?,28?,29?,30+,31-,32-,33-/m0/s1. The zero-order valence-electron chi connectivity index (χ0n) is 31.2. The molecule has 0 aromatic carbocycles. The molecule has 338 valence electrons. The summed E-state index contributed by atoms with van der Waals surface area (Å²) in [6, 6.07) is -1.66. The Morgan fingerprint density at radius 1 is 0.448 bits per heavy atom. The molecular weight excluding hydrogens is 794 g/mol. The molecule has 58 heavy (non-hydrogen) atoms. The normalized spacial score (nSPS) is 51.7. The van der Waals surface area contributed by atoms with Crippen molar-refractivity contribution in [2.24, 2.45) is 5.73 Å². The van der Waals surface area contributed by atoms with Gasteiger partial charge in [0.15, 0.2) is 31.5 Å². The Hall–Kier alpha value is -1.26. The molecule has 25 heteroatoms. The van der Waals surface area contributed by atoms with E-state index < -0.39 is 180 Å². The molecule has 0 saturated carbocycles. The number of ether oxygens (including phenoxy) is 10. The molecule has 16 N–H and O–H groups in total. The second-order valence-electron chi connectivity index (χ2n) is 14.6. The minimum absolute atomic E-state index is 0.0882. The Bertz CT molecular complexity index is 1280. The number of aliphatic hydroxyl groups excluding tert-OH is 14. The van der Waals surface area contributed by atoms with E-state index in [4.69, 9.17) is 53.1 Å². The van der Waals surface area contributed by atoms with Crippen LogP contribution in [0.2, 0.25) is 0 Å². The van der Waals surface area contributed by atoms with Gasteiger partial charge in [-0.05, 0) is 6.92 Å². The van der Waals surface area contributed by atoms with Crippen LogP contribution in [0.4, 0.5) is 0 Å². The Morgan fingerprint density at radius 3 is 1.50 bits per heavy atom. The lowest BCUT2D eigenvalue weighted by atomic mass is 9.94. The number of hydrogen-bond donors (Lipinski definition) is 15. The maximum absolute atomic E-state index is 11.4. The number of nitrogens with two attached hydrogens (primary N) is 1. The van der Waals surface area contributed by atoms with E-state index in [0.29, 0.717) is 0 Å². The van der Waals surface area contributed by atoms with Crippen molar-refractivity contribution in [3.63, 3.8) is 0 Å². The maximum Gasteiger partial charge on any atom is 0.187 e. The lowest BCUT2D eigenvalue weighted by Gasteiger charge is -2.50. The molecule has 0 aromatic rings. The first-order valence-corrected chi connectivity index (χ1v) is 18.6. The van der Waals surface area contributed by atoms with Crippen molar-refractivity contribution in [1.82, 2.24) is 0 Å². The highest BCUT2D eigenvalue weighted by molar-refractivity contribution is 5.00. The van der Waals surface area contributed by atoms with E-state index in [1.54, 1.807) is 0 Å². The topological polar surface area (TPSA) is 402 Å². The average molecular weight is 852 g/mol. The first-order chi connectivity index (χ1) is 27.5. The summed E-state index contributed by atoms with van der Waals surface area (Å²) in [6.45, 7) is 1.29. The van der Waals surface area contributed by atoms with Gasteiger partial charge < -0.3 is 125 Å². The van der Waals surface area contributed by atoms with Gasteiger partial charge >= 0.3 is 0 Å². The number of rotatable bonds is 15. The summed E-state index contributed by atoms with van der Waals surface area (Å²) in [5.41, 5.74) is 6.46. The number of hydrogen-bond acceptors (Lipinski definition) is 25. The smallest absolute Gasteiger partial charge is 0.187 e. The van der Waals surface area contributed by atoms with Crippen molar-refractivity contribution < 1.29 is 119 Å². The van der Waals surface area contributed by atoms with Crippen molar-refractivity contribution in [2.45, 2.75) is 160 Å². The van der Waals surface area contributed by atoms with E-state index in [2.05, 4.69) is 6.58 Å². The van der Waals surface area contributed by atoms with Crippen molar-refractivity contribution in [1.29, 1.82) is 0 Å². The van der Waals surface area contributed by atoms with Crippen LogP contribution in [0, 0.1) is 0 Å². The minimum atomic E-state index is -2.02. The third-order valence-electron chi connectivity index (χ3n) is 10.7. The lowest BCUT2D eigenvalue weighted by Crippen LogP contribution is -2.69. The van der Waals surface area contributed by atoms with Gasteiger partial charge in [-0.3, -0.25) is 0 Å². The summed E-state index contributed by atoms with van der Waals surface area (Å²) in [5.74, 6) is 0. The van der Waals surface area contributed by atoms with E-state index in [0.717, 1.165) is 0 Å². The van der Waals surface area contributed by atoms with Crippen LogP contribution in [0.3, 0.4) is 0 Å². The van der Waals surface area contributed by atoms with Gasteiger partial charge in [-0.25, -0.2) is 0 Å². The average Bonchev–Trinajstić information content (AvgIpc) is 3.21. The molecule has 5 aliphatic heterocycles. The monoisotopic (exact) mass is 851 g/mol. The van der Waals surface area contributed by atoms with Gasteiger partial charge in [0.1, 0.15) is 110 Å². The van der Waals surface area contributed by atoms with Crippen LogP contribution in [-0.4, -0.2) is 258 Å². The van der Waals surface area contributed by atoms with E-state index in [1.165, 1.54) is 13.0 Å². The van der Waals surface area contributed by atoms with Crippen molar-refractivity contribution in [3.05, 3.63) is 12.7 Å². The van der Waals surface area contributed by atoms with Crippen LogP contribution in [0.1, 0.15) is 6.92 Å². The van der Waals surface area contributed by atoms with Gasteiger partial charge in [-0.2, -0.15) is 0 Å². The van der Waals surface area contributed by atoms with Gasteiger partial charge in [0.25, 0.3) is 0 Å². The summed E-state index contributed by atoms with van der Waals surface area (Å²) in [4.78, 5) is 0. The SMILES string of the molecule is C=CCO[C@@H]1OC(CO)[C@H](O[C@@H]2OC(CO)C(O)C(OC3OC(CO)[C@H](O)[C@H](O[C@@H]4OC(CO)[C@H](O)[C@H](O)C4O[C@@H]4OC(C)[C@H](O)[C@@H](O)C4O)C3N)C2O)[C@H](O)C1O. The highest BCUT2D eigenvalue weighted by Crippen LogP contribution is 2.35. The highest BCUT2D eigenvalue weighted by atomic mass is 16.8. The molecule has 0 amide bonds. The van der Waals surface area contributed by atoms with Crippen molar-refractivity contribution in [2.75, 3.05) is 33.0 Å².